The highest BCUT2D eigenvalue weighted by Gasteiger charge is 2.24. The molecule has 5 heteroatoms. The minimum absolute atomic E-state index is 0.00169. The number of carbonyl (C=O) groups excluding carboxylic acids is 1. The monoisotopic (exact) mass is 325 g/mol. The van der Waals surface area contributed by atoms with Crippen molar-refractivity contribution in [2.24, 2.45) is 0 Å². The van der Waals surface area contributed by atoms with Gasteiger partial charge in [0.15, 0.2) is 17.3 Å². The van der Waals surface area contributed by atoms with E-state index in [2.05, 4.69) is 4.98 Å². The fourth-order valence-electron chi connectivity index (χ4n) is 2.84. The van der Waals surface area contributed by atoms with E-state index in [1.54, 1.807) is 33.5 Å². The van der Waals surface area contributed by atoms with Crippen LogP contribution in [-0.2, 0) is 6.42 Å². The first kappa shape index (κ1) is 16.1. The van der Waals surface area contributed by atoms with Crippen molar-refractivity contribution in [2.45, 2.75) is 12.8 Å². The Kier molecular flexibility index (Phi) is 4.51. The summed E-state index contributed by atoms with van der Waals surface area (Å²) < 4.78 is 15.7. The summed E-state index contributed by atoms with van der Waals surface area (Å²) in [4.78, 5) is 17.2. The molecule has 0 amide bonds. The number of ketones is 1. The Morgan fingerprint density at radius 3 is 2.46 bits per heavy atom. The summed E-state index contributed by atoms with van der Waals surface area (Å²) in [6.07, 6.45) is 3.27. The van der Waals surface area contributed by atoms with Crippen LogP contribution in [-0.4, -0.2) is 32.1 Å². The summed E-state index contributed by atoms with van der Waals surface area (Å²) in [5, 5.41) is 0. The highest BCUT2D eigenvalue weighted by Crippen LogP contribution is 2.35. The van der Waals surface area contributed by atoms with Crippen molar-refractivity contribution in [2.75, 3.05) is 21.3 Å². The molecule has 1 aliphatic carbocycles. The lowest BCUT2D eigenvalue weighted by atomic mass is 9.86. The zero-order valence-electron chi connectivity index (χ0n) is 14.0. The van der Waals surface area contributed by atoms with Gasteiger partial charge in [-0.3, -0.25) is 4.79 Å². The van der Waals surface area contributed by atoms with Crippen LogP contribution in [0.15, 0.2) is 35.9 Å². The smallest absolute Gasteiger partial charge is 0.213 e. The number of carbonyl (C=O) groups is 1. The molecule has 0 aliphatic heterocycles. The van der Waals surface area contributed by atoms with Gasteiger partial charge in [0.25, 0.3) is 0 Å². The summed E-state index contributed by atoms with van der Waals surface area (Å²) in [6.45, 7) is 0. The van der Waals surface area contributed by atoms with Gasteiger partial charge < -0.3 is 14.2 Å². The maximum Gasteiger partial charge on any atom is 0.213 e. The Balaban J connectivity index is 1.98. The SMILES string of the molecule is COc1cccc(/C=C2\CCc3cc(OC)c(OC)cc3C2=O)n1. The molecular weight excluding hydrogens is 306 g/mol. The third kappa shape index (κ3) is 2.97. The number of nitrogens with zero attached hydrogens (tertiary/aromatic N) is 1. The van der Waals surface area contributed by atoms with Crippen LogP contribution in [0.3, 0.4) is 0 Å². The van der Waals surface area contributed by atoms with Gasteiger partial charge in [0.2, 0.25) is 5.88 Å². The number of aromatic nitrogens is 1. The van der Waals surface area contributed by atoms with Crippen molar-refractivity contribution >= 4 is 11.9 Å². The molecule has 0 atom stereocenters. The number of aryl methyl sites for hydroxylation is 1. The first-order chi connectivity index (χ1) is 11.7. The van der Waals surface area contributed by atoms with Crippen LogP contribution in [0.4, 0.5) is 0 Å². The number of fused-ring (bicyclic) bond motifs is 1. The van der Waals surface area contributed by atoms with Crippen molar-refractivity contribution < 1.29 is 19.0 Å². The van der Waals surface area contributed by atoms with Gasteiger partial charge >= 0.3 is 0 Å². The summed E-state index contributed by atoms with van der Waals surface area (Å²) in [6, 6.07) is 9.12. The van der Waals surface area contributed by atoms with Gasteiger partial charge in [0, 0.05) is 17.2 Å². The van der Waals surface area contributed by atoms with Crippen molar-refractivity contribution in [3.8, 4) is 17.4 Å². The first-order valence-corrected chi connectivity index (χ1v) is 7.67. The van der Waals surface area contributed by atoms with Crippen molar-refractivity contribution in [3.63, 3.8) is 0 Å². The van der Waals surface area contributed by atoms with Crippen molar-refractivity contribution in [1.82, 2.24) is 4.98 Å². The molecule has 1 aromatic heterocycles. The number of Topliss-reactive ketones (excluding diaryl/α,β-unsaturated/α-hetero) is 1. The summed E-state index contributed by atoms with van der Waals surface area (Å²) in [5.41, 5.74) is 3.08. The number of benzene rings is 1. The normalized spacial score (nSPS) is 15.1. The zero-order valence-corrected chi connectivity index (χ0v) is 14.0. The molecule has 0 saturated heterocycles. The molecule has 2 aromatic rings. The third-order valence-corrected chi connectivity index (χ3v) is 4.09. The molecule has 0 N–H and O–H groups in total. The topological polar surface area (TPSA) is 57.7 Å². The van der Waals surface area contributed by atoms with Gasteiger partial charge in [-0.15, -0.1) is 0 Å². The van der Waals surface area contributed by atoms with Crippen LogP contribution in [0, 0.1) is 0 Å². The number of pyridine rings is 1. The van der Waals surface area contributed by atoms with E-state index < -0.39 is 0 Å². The Hall–Kier alpha value is -2.82. The lowest BCUT2D eigenvalue weighted by molar-refractivity contribution is 0.102. The highest BCUT2D eigenvalue weighted by molar-refractivity contribution is 6.13. The van der Waals surface area contributed by atoms with E-state index in [0.717, 1.165) is 17.6 Å². The van der Waals surface area contributed by atoms with E-state index in [-0.39, 0.29) is 5.78 Å². The molecule has 24 heavy (non-hydrogen) atoms. The molecule has 124 valence electrons. The Morgan fingerprint density at radius 1 is 1.00 bits per heavy atom. The molecule has 0 saturated carbocycles. The molecular formula is C19H19NO4. The molecule has 1 heterocycles. The van der Waals surface area contributed by atoms with Crippen LogP contribution in [0.5, 0.6) is 17.4 Å². The van der Waals surface area contributed by atoms with E-state index in [0.29, 0.717) is 35.1 Å². The van der Waals surface area contributed by atoms with Crippen LogP contribution < -0.4 is 14.2 Å². The average molecular weight is 325 g/mol. The zero-order chi connectivity index (χ0) is 17.1. The largest absolute Gasteiger partial charge is 0.493 e. The second kappa shape index (κ2) is 6.74. The summed E-state index contributed by atoms with van der Waals surface area (Å²) in [5.74, 6) is 1.73. The molecule has 0 fully saturated rings. The molecule has 1 aliphatic rings. The Labute approximate surface area is 140 Å². The first-order valence-electron chi connectivity index (χ1n) is 7.67. The molecule has 0 bridgehead atoms. The summed E-state index contributed by atoms with van der Waals surface area (Å²) in [7, 11) is 4.73. The van der Waals surface area contributed by atoms with E-state index in [9.17, 15) is 4.79 Å². The van der Waals surface area contributed by atoms with Crippen LogP contribution >= 0.6 is 0 Å². The van der Waals surface area contributed by atoms with Gasteiger partial charge in [0.1, 0.15) is 0 Å². The number of methoxy groups -OCH3 is 3. The Bertz CT molecular complexity index is 811. The molecule has 5 nitrogen and oxygen atoms in total. The number of allylic oxidation sites excluding steroid dienone is 1. The molecule has 1 aromatic carbocycles. The predicted molar refractivity (Wildman–Crippen MR) is 91.0 cm³/mol. The maximum atomic E-state index is 12.8. The van der Waals surface area contributed by atoms with Gasteiger partial charge in [-0.1, -0.05) is 6.07 Å². The average Bonchev–Trinajstić information content (AvgIpc) is 2.63. The molecule has 3 rings (SSSR count). The van der Waals surface area contributed by atoms with E-state index in [1.165, 1.54) is 0 Å². The van der Waals surface area contributed by atoms with Gasteiger partial charge in [-0.25, -0.2) is 4.98 Å². The number of ether oxygens (including phenoxy) is 3. The maximum absolute atomic E-state index is 12.8. The van der Waals surface area contributed by atoms with Crippen LogP contribution in [0.2, 0.25) is 0 Å². The van der Waals surface area contributed by atoms with E-state index in [1.807, 2.05) is 24.3 Å². The minimum atomic E-state index is 0.00169. The van der Waals surface area contributed by atoms with Crippen molar-refractivity contribution in [3.05, 3.63) is 52.7 Å². The summed E-state index contributed by atoms with van der Waals surface area (Å²) >= 11 is 0. The number of hydrogen-bond donors (Lipinski definition) is 0. The Morgan fingerprint density at radius 2 is 1.75 bits per heavy atom. The van der Waals surface area contributed by atoms with Crippen LogP contribution in [0.25, 0.3) is 6.08 Å². The number of rotatable bonds is 4. The molecule has 0 spiro atoms. The standard InChI is InChI=1S/C19H19NO4/c1-22-16-10-12-7-8-13(19(21)15(12)11-17(16)23-2)9-14-5-4-6-18(20-14)24-3/h4-6,9-11H,7-8H2,1-3H3/b13-9+. The lowest BCUT2D eigenvalue weighted by Gasteiger charge is -2.20. The third-order valence-electron chi connectivity index (χ3n) is 4.09. The molecule has 0 unspecified atom stereocenters. The van der Waals surface area contributed by atoms with Crippen molar-refractivity contribution in [1.29, 1.82) is 0 Å². The van der Waals surface area contributed by atoms with E-state index >= 15 is 0 Å². The second-order valence-corrected chi connectivity index (χ2v) is 5.47. The number of hydrogen-bond acceptors (Lipinski definition) is 5. The highest BCUT2D eigenvalue weighted by atomic mass is 16.5. The molecule has 0 radical (unpaired) electrons. The van der Waals surface area contributed by atoms with Gasteiger partial charge in [-0.2, -0.15) is 0 Å². The second-order valence-electron chi connectivity index (χ2n) is 5.47. The van der Waals surface area contributed by atoms with Gasteiger partial charge in [-0.05, 0) is 42.7 Å². The quantitative estimate of drug-likeness (QED) is 0.807. The van der Waals surface area contributed by atoms with Gasteiger partial charge in [0.05, 0.1) is 27.0 Å². The minimum Gasteiger partial charge on any atom is -0.493 e. The predicted octanol–water partition coefficient (Wildman–Crippen LogP) is 3.32. The lowest BCUT2D eigenvalue weighted by Crippen LogP contribution is -2.14. The van der Waals surface area contributed by atoms with E-state index in [4.69, 9.17) is 14.2 Å². The van der Waals surface area contributed by atoms with Crippen LogP contribution in [0.1, 0.15) is 28.0 Å². The fourth-order valence-corrected chi connectivity index (χ4v) is 2.84. The fraction of sp³-hybridized carbons (Fsp3) is 0.263.